The van der Waals surface area contributed by atoms with Crippen molar-refractivity contribution >= 4 is 34.1 Å². The van der Waals surface area contributed by atoms with Crippen LogP contribution in [0.15, 0.2) is 28.8 Å². The van der Waals surface area contributed by atoms with E-state index in [2.05, 4.69) is 15.1 Å². The van der Waals surface area contributed by atoms with E-state index < -0.39 is 0 Å². The van der Waals surface area contributed by atoms with Crippen molar-refractivity contribution in [2.75, 3.05) is 0 Å². The van der Waals surface area contributed by atoms with Crippen molar-refractivity contribution in [3.05, 3.63) is 40.3 Å². The Balaban J connectivity index is 2.19. The Morgan fingerprint density at radius 2 is 1.95 bits per heavy atom. The van der Waals surface area contributed by atoms with Crippen molar-refractivity contribution in [3.63, 3.8) is 0 Å². The van der Waals surface area contributed by atoms with E-state index in [-0.39, 0.29) is 6.54 Å². The fraction of sp³-hybridized carbons (Fsp3) is 0.0833. The highest BCUT2D eigenvalue weighted by atomic mass is 35.5. The summed E-state index contributed by atoms with van der Waals surface area (Å²) in [4.78, 5) is 8.34. The van der Waals surface area contributed by atoms with Gasteiger partial charge in [-0.1, -0.05) is 28.4 Å². The van der Waals surface area contributed by atoms with Crippen molar-refractivity contribution < 1.29 is 4.52 Å². The highest BCUT2D eigenvalue weighted by molar-refractivity contribution is 6.38. The average Bonchev–Trinajstić information content (AvgIpc) is 2.87. The Morgan fingerprint density at radius 3 is 2.68 bits per heavy atom. The maximum absolute atomic E-state index is 6.34. The third kappa shape index (κ3) is 2.16. The summed E-state index contributed by atoms with van der Waals surface area (Å²) in [6.07, 6.45) is 0. The quantitative estimate of drug-likeness (QED) is 0.735. The number of aromatic nitrogens is 3. The second kappa shape index (κ2) is 4.77. The van der Waals surface area contributed by atoms with E-state index in [1.807, 2.05) is 0 Å². The van der Waals surface area contributed by atoms with E-state index in [1.54, 1.807) is 24.3 Å². The first-order valence-corrected chi connectivity index (χ1v) is 6.22. The van der Waals surface area contributed by atoms with Crippen molar-refractivity contribution in [1.82, 2.24) is 15.1 Å². The molecule has 0 atom stereocenters. The van der Waals surface area contributed by atoms with Gasteiger partial charge >= 0.3 is 0 Å². The third-order valence-corrected chi connectivity index (χ3v) is 3.27. The maximum atomic E-state index is 6.34. The molecule has 0 aliphatic carbocycles. The van der Waals surface area contributed by atoms with Gasteiger partial charge in [-0.05, 0) is 24.3 Å². The third-order valence-electron chi connectivity index (χ3n) is 2.66. The summed E-state index contributed by atoms with van der Waals surface area (Å²) >= 11 is 12.2. The Bertz CT molecular complexity index is 757. The molecule has 2 aromatic heterocycles. The number of benzene rings is 1. The Labute approximate surface area is 118 Å². The summed E-state index contributed by atoms with van der Waals surface area (Å²) in [6, 6.07) is 7.07. The fourth-order valence-corrected chi connectivity index (χ4v) is 2.22. The van der Waals surface area contributed by atoms with E-state index in [0.717, 1.165) is 5.39 Å². The largest absolute Gasteiger partial charge is 0.338 e. The molecule has 0 unspecified atom stereocenters. The minimum Gasteiger partial charge on any atom is -0.338 e. The van der Waals surface area contributed by atoms with Crippen LogP contribution in [0, 0.1) is 0 Å². The molecule has 7 heteroatoms. The van der Waals surface area contributed by atoms with E-state index in [4.69, 9.17) is 33.5 Å². The van der Waals surface area contributed by atoms with Gasteiger partial charge in [-0.2, -0.15) is 4.98 Å². The molecule has 96 valence electrons. The molecule has 0 amide bonds. The summed E-state index contributed by atoms with van der Waals surface area (Å²) in [5.41, 5.74) is 6.81. The molecule has 0 aliphatic heterocycles. The second-order valence-corrected chi connectivity index (χ2v) is 4.61. The van der Waals surface area contributed by atoms with E-state index in [9.17, 15) is 0 Å². The van der Waals surface area contributed by atoms with Crippen molar-refractivity contribution in [2.24, 2.45) is 5.73 Å². The van der Waals surface area contributed by atoms with Gasteiger partial charge in [-0.3, -0.25) is 0 Å². The Kier molecular flexibility index (Phi) is 3.10. The van der Waals surface area contributed by atoms with Crippen LogP contribution < -0.4 is 5.73 Å². The lowest BCUT2D eigenvalue weighted by Crippen LogP contribution is -1.95. The average molecular weight is 295 g/mol. The first kappa shape index (κ1) is 12.3. The molecule has 5 nitrogen and oxygen atoms in total. The molecule has 1 aromatic carbocycles. The minimum absolute atomic E-state index is 0.190. The Morgan fingerprint density at radius 1 is 1.11 bits per heavy atom. The highest BCUT2D eigenvalue weighted by Gasteiger charge is 2.14. The van der Waals surface area contributed by atoms with Crippen LogP contribution in [-0.2, 0) is 6.54 Å². The zero-order valence-electron chi connectivity index (χ0n) is 9.60. The molecule has 3 rings (SSSR count). The SMILES string of the molecule is NCc1nc(-c2ccc3nc(Cl)ccc3c2Cl)no1. The lowest BCUT2D eigenvalue weighted by Gasteiger charge is -2.04. The Hall–Kier alpha value is -1.69. The van der Waals surface area contributed by atoms with Crippen molar-refractivity contribution in [1.29, 1.82) is 0 Å². The van der Waals surface area contributed by atoms with Crippen molar-refractivity contribution in [3.8, 4) is 11.4 Å². The summed E-state index contributed by atoms with van der Waals surface area (Å²) in [7, 11) is 0. The monoisotopic (exact) mass is 294 g/mol. The summed E-state index contributed by atoms with van der Waals surface area (Å²) in [5, 5.41) is 5.55. The summed E-state index contributed by atoms with van der Waals surface area (Å²) in [5.74, 6) is 0.766. The van der Waals surface area contributed by atoms with Crippen molar-refractivity contribution in [2.45, 2.75) is 6.54 Å². The number of nitrogens with two attached hydrogens (primary N) is 1. The molecule has 19 heavy (non-hydrogen) atoms. The maximum Gasteiger partial charge on any atom is 0.240 e. The molecule has 0 radical (unpaired) electrons. The number of nitrogens with zero attached hydrogens (tertiary/aromatic N) is 3. The zero-order chi connectivity index (χ0) is 13.4. The van der Waals surface area contributed by atoms with Gasteiger partial charge in [0.25, 0.3) is 0 Å². The number of pyridine rings is 1. The number of halogens is 2. The van der Waals surface area contributed by atoms with Gasteiger partial charge in [0.15, 0.2) is 0 Å². The lowest BCUT2D eigenvalue weighted by molar-refractivity contribution is 0.380. The normalized spacial score (nSPS) is 11.1. The highest BCUT2D eigenvalue weighted by Crippen LogP contribution is 2.32. The van der Waals surface area contributed by atoms with Crippen LogP contribution in [0.25, 0.3) is 22.3 Å². The van der Waals surface area contributed by atoms with E-state index in [0.29, 0.717) is 33.0 Å². The molecule has 0 saturated heterocycles. The lowest BCUT2D eigenvalue weighted by atomic mass is 10.1. The van der Waals surface area contributed by atoms with Crippen LogP contribution in [0.4, 0.5) is 0 Å². The molecular formula is C12H8Cl2N4O. The molecule has 2 N–H and O–H groups in total. The molecule has 2 heterocycles. The van der Waals surface area contributed by atoms with Gasteiger partial charge in [0.2, 0.25) is 11.7 Å². The zero-order valence-corrected chi connectivity index (χ0v) is 11.1. The first-order chi connectivity index (χ1) is 9.19. The standard InChI is InChI=1S/C12H8Cl2N4O/c13-9-4-2-6-8(16-9)3-1-7(11(6)14)12-17-10(5-15)19-18-12/h1-4H,5,15H2. The first-order valence-electron chi connectivity index (χ1n) is 5.47. The number of fused-ring (bicyclic) bond motifs is 1. The van der Waals surface area contributed by atoms with Crippen LogP contribution in [0.2, 0.25) is 10.2 Å². The molecule has 0 bridgehead atoms. The van der Waals surface area contributed by atoms with Gasteiger partial charge in [-0.15, -0.1) is 0 Å². The predicted molar refractivity (Wildman–Crippen MR) is 72.9 cm³/mol. The van der Waals surface area contributed by atoms with Crippen LogP contribution in [0.5, 0.6) is 0 Å². The fourth-order valence-electron chi connectivity index (χ4n) is 1.76. The molecule has 3 aromatic rings. The smallest absolute Gasteiger partial charge is 0.240 e. The topological polar surface area (TPSA) is 77.8 Å². The van der Waals surface area contributed by atoms with Gasteiger partial charge in [0.1, 0.15) is 5.15 Å². The molecule has 0 saturated carbocycles. The number of rotatable bonds is 2. The predicted octanol–water partition coefficient (Wildman–Crippen LogP) is 3.05. The minimum atomic E-state index is 0.190. The number of hydrogen-bond acceptors (Lipinski definition) is 5. The van der Waals surface area contributed by atoms with Gasteiger partial charge < -0.3 is 10.3 Å². The molecule has 0 aliphatic rings. The van der Waals surface area contributed by atoms with Crippen LogP contribution in [0.3, 0.4) is 0 Å². The van der Waals surface area contributed by atoms with Gasteiger partial charge in [0.05, 0.1) is 17.1 Å². The summed E-state index contributed by atoms with van der Waals surface area (Å²) < 4.78 is 4.97. The van der Waals surface area contributed by atoms with Gasteiger partial charge in [0, 0.05) is 10.9 Å². The van der Waals surface area contributed by atoms with E-state index >= 15 is 0 Å². The molecule has 0 spiro atoms. The number of hydrogen-bond donors (Lipinski definition) is 1. The molecule has 0 fully saturated rings. The summed E-state index contributed by atoms with van der Waals surface area (Å²) in [6.45, 7) is 0.190. The van der Waals surface area contributed by atoms with Crippen LogP contribution in [0.1, 0.15) is 5.89 Å². The van der Waals surface area contributed by atoms with Crippen LogP contribution >= 0.6 is 23.2 Å². The second-order valence-electron chi connectivity index (χ2n) is 3.84. The van der Waals surface area contributed by atoms with Gasteiger partial charge in [-0.25, -0.2) is 4.98 Å². The molecular weight excluding hydrogens is 287 g/mol. The van der Waals surface area contributed by atoms with Crippen LogP contribution in [-0.4, -0.2) is 15.1 Å². The van der Waals surface area contributed by atoms with E-state index in [1.165, 1.54) is 0 Å².